The minimum Gasteiger partial charge on any atom is -0.396 e. The van der Waals surface area contributed by atoms with Crippen molar-refractivity contribution in [3.8, 4) is 0 Å². The van der Waals surface area contributed by atoms with E-state index in [4.69, 9.17) is 5.11 Å². The van der Waals surface area contributed by atoms with Gasteiger partial charge in [0.25, 0.3) is 0 Å². The largest absolute Gasteiger partial charge is 0.396 e. The van der Waals surface area contributed by atoms with Crippen LogP contribution >= 0.6 is 0 Å². The highest BCUT2D eigenvalue weighted by Gasteiger charge is 1.98. The van der Waals surface area contributed by atoms with Gasteiger partial charge in [-0.3, -0.25) is 4.98 Å². The molecule has 1 heterocycles. The molecule has 0 aliphatic heterocycles. The highest BCUT2D eigenvalue weighted by atomic mass is 16.2. The standard InChI is InChI=1S/C11H17NO/c1-9-7-10(2)12-8-11(9)5-3-4-6-13/h7-8,13H,3-6H2,1-2H3. The van der Waals surface area contributed by atoms with Crippen LogP contribution in [-0.4, -0.2) is 16.7 Å². The molecule has 0 amide bonds. The first-order valence-corrected chi connectivity index (χ1v) is 4.77. The third-order valence-electron chi connectivity index (χ3n) is 2.21. The summed E-state index contributed by atoms with van der Waals surface area (Å²) in [5.41, 5.74) is 3.69. The number of hydrogen-bond donors (Lipinski definition) is 1. The van der Waals surface area contributed by atoms with E-state index in [1.165, 1.54) is 11.1 Å². The fraction of sp³-hybridized carbons (Fsp3) is 0.545. The van der Waals surface area contributed by atoms with E-state index < -0.39 is 0 Å². The molecule has 0 radical (unpaired) electrons. The fourth-order valence-corrected chi connectivity index (χ4v) is 1.41. The van der Waals surface area contributed by atoms with Crippen LogP contribution in [0.4, 0.5) is 0 Å². The van der Waals surface area contributed by atoms with E-state index in [-0.39, 0.29) is 0 Å². The lowest BCUT2D eigenvalue weighted by atomic mass is 10.1. The Morgan fingerprint density at radius 2 is 2.08 bits per heavy atom. The predicted molar refractivity (Wildman–Crippen MR) is 53.7 cm³/mol. The maximum absolute atomic E-state index is 8.64. The first kappa shape index (κ1) is 10.2. The zero-order chi connectivity index (χ0) is 9.68. The number of aromatic nitrogens is 1. The van der Waals surface area contributed by atoms with Gasteiger partial charge in [0.05, 0.1) is 0 Å². The average Bonchev–Trinajstić information content (AvgIpc) is 2.09. The molecule has 0 atom stereocenters. The number of unbranched alkanes of at least 4 members (excludes halogenated alkanes) is 1. The molecule has 0 aromatic carbocycles. The summed E-state index contributed by atoms with van der Waals surface area (Å²) in [5.74, 6) is 0. The van der Waals surface area contributed by atoms with Crippen molar-refractivity contribution in [1.29, 1.82) is 0 Å². The molecule has 13 heavy (non-hydrogen) atoms. The van der Waals surface area contributed by atoms with E-state index in [1.807, 2.05) is 13.1 Å². The average molecular weight is 179 g/mol. The maximum atomic E-state index is 8.64. The van der Waals surface area contributed by atoms with Gasteiger partial charge in [-0.2, -0.15) is 0 Å². The molecule has 0 saturated carbocycles. The van der Waals surface area contributed by atoms with Crippen molar-refractivity contribution in [3.63, 3.8) is 0 Å². The number of aryl methyl sites for hydroxylation is 3. The summed E-state index contributed by atoms with van der Waals surface area (Å²) in [7, 11) is 0. The van der Waals surface area contributed by atoms with Gasteiger partial charge < -0.3 is 5.11 Å². The number of pyridine rings is 1. The molecule has 0 saturated heterocycles. The molecule has 0 spiro atoms. The normalized spacial score (nSPS) is 10.4. The van der Waals surface area contributed by atoms with Gasteiger partial charge >= 0.3 is 0 Å². The zero-order valence-corrected chi connectivity index (χ0v) is 8.38. The Morgan fingerprint density at radius 3 is 2.69 bits per heavy atom. The van der Waals surface area contributed by atoms with Gasteiger partial charge in [-0.05, 0) is 50.3 Å². The number of rotatable bonds is 4. The Hall–Kier alpha value is -0.890. The summed E-state index contributed by atoms with van der Waals surface area (Å²) in [6.45, 7) is 4.41. The smallest absolute Gasteiger partial charge is 0.0431 e. The number of aliphatic hydroxyl groups excluding tert-OH is 1. The van der Waals surface area contributed by atoms with Crippen LogP contribution < -0.4 is 0 Å². The maximum Gasteiger partial charge on any atom is 0.0431 e. The van der Waals surface area contributed by atoms with E-state index in [0.29, 0.717) is 6.61 Å². The summed E-state index contributed by atoms with van der Waals surface area (Å²) in [4.78, 5) is 4.26. The van der Waals surface area contributed by atoms with E-state index in [2.05, 4.69) is 18.0 Å². The van der Waals surface area contributed by atoms with E-state index in [9.17, 15) is 0 Å². The predicted octanol–water partition coefficient (Wildman–Crippen LogP) is 2.01. The second kappa shape index (κ2) is 4.97. The summed E-state index contributed by atoms with van der Waals surface area (Å²) < 4.78 is 0. The van der Waals surface area contributed by atoms with Crippen LogP contribution in [0.3, 0.4) is 0 Å². The van der Waals surface area contributed by atoms with Crippen LogP contribution in [0.25, 0.3) is 0 Å². The Balaban J connectivity index is 2.56. The van der Waals surface area contributed by atoms with Gasteiger partial charge in [0.15, 0.2) is 0 Å². The van der Waals surface area contributed by atoms with Crippen molar-refractivity contribution in [1.82, 2.24) is 4.98 Å². The summed E-state index contributed by atoms with van der Waals surface area (Å²) in [6.07, 6.45) is 4.90. The monoisotopic (exact) mass is 179 g/mol. The number of nitrogens with zero attached hydrogens (tertiary/aromatic N) is 1. The molecular formula is C11H17NO. The lowest BCUT2D eigenvalue weighted by molar-refractivity contribution is 0.284. The lowest BCUT2D eigenvalue weighted by Gasteiger charge is -2.04. The second-order valence-corrected chi connectivity index (χ2v) is 3.43. The van der Waals surface area contributed by atoms with Gasteiger partial charge in [0.2, 0.25) is 0 Å². The van der Waals surface area contributed by atoms with E-state index in [0.717, 1.165) is 25.0 Å². The Labute approximate surface area is 79.6 Å². The van der Waals surface area contributed by atoms with Crippen LogP contribution in [0, 0.1) is 13.8 Å². The van der Waals surface area contributed by atoms with Gasteiger partial charge in [-0.25, -0.2) is 0 Å². The summed E-state index contributed by atoms with van der Waals surface area (Å²) >= 11 is 0. The SMILES string of the molecule is Cc1cc(C)c(CCCCO)cn1. The lowest BCUT2D eigenvalue weighted by Crippen LogP contribution is -1.94. The van der Waals surface area contributed by atoms with Crippen molar-refractivity contribution in [2.75, 3.05) is 6.61 Å². The van der Waals surface area contributed by atoms with Crippen molar-refractivity contribution < 1.29 is 5.11 Å². The molecule has 1 aromatic heterocycles. The summed E-state index contributed by atoms with van der Waals surface area (Å²) in [6, 6.07) is 2.11. The summed E-state index contributed by atoms with van der Waals surface area (Å²) in [5, 5.41) is 8.64. The van der Waals surface area contributed by atoms with Gasteiger partial charge in [0.1, 0.15) is 0 Å². The molecule has 0 unspecified atom stereocenters. The Morgan fingerprint density at radius 1 is 1.31 bits per heavy atom. The van der Waals surface area contributed by atoms with Crippen molar-refractivity contribution in [3.05, 3.63) is 29.1 Å². The number of aliphatic hydroxyl groups is 1. The third-order valence-corrected chi connectivity index (χ3v) is 2.21. The molecule has 2 heteroatoms. The van der Waals surface area contributed by atoms with Crippen LogP contribution in [-0.2, 0) is 6.42 Å². The molecule has 1 rings (SSSR count). The first-order chi connectivity index (χ1) is 6.24. The highest BCUT2D eigenvalue weighted by molar-refractivity contribution is 5.24. The zero-order valence-electron chi connectivity index (χ0n) is 8.38. The quantitative estimate of drug-likeness (QED) is 0.717. The van der Waals surface area contributed by atoms with Crippen LogP contribution in [0.5, 0.6) is 0 Å². The minimum absolute atomic E-state index is 0.290. The Bertz CT molecular complexity index is 271. The van der Waals surface area contributed by atoms with Gasteiger partial charge in [-0.1, -0.05) is 0 Å². The molecule has 0 aliphatic rings. The topological polar surface area (TPSA) is 33.1 Å². The number of hydrogen-bond acceptors (Lipinski definition) is 2. The Kier molecular flexibility index (Phi) is 3.90. The van der Waals surface area contributed by atoms with Crippen molar-refractivity contribution in [2.24, 2.45) is 0 Å². The molecule has 1 N–H and O–H groups in total. The van der Waals surface area contributed by atoms with Crippen LogP contribution in [0.2, 0.25) is 0 Å². The fourth-order valence-electron chi connectivity index (χ4n) is 1.41. The molecule has 0 bridgehead atoms. The van der Waals surface area contributed by atoms with Crippen LogP contribution in [0.15, 0.2) is 12.3 Å². The van der Waals surface area contributed by atoms with E-state index >= 15 is 0 Å². The van der Waals surface area contributed by atoms with Crippen molar-refractivity contribution in [2.45, 2.75) is 33.1 Å². The molecule has 0 aliphatic carbocycles. The minimum atomic E-state index is 0.290. The first-order valence-electron chi connectivity index (χ1n) is 4.77. The molecule has 0 fully saturated rings. The van der Waals surface area contributed by atoms with Crippen LogP contribution in [0.1, 0.15) is 29.7 Å². The third kappa shape index (κ3) is 3.15. The molecule has 2 nitrogen and oxygen atoms in total. The second-order valence-electron chi connectivity index (χ2n) is 3.43. The highest BCUT2D eigenvalue weighted by Crippen LogP contribution is 2.10. The van der Waals surface area contributed by atoms with Gasteiger partial charge in [0, 0.05) is 18.5 Å². The molecule has 1 aromatic rings. The van der Waals surface area contributed by atoms with E-state index in [1.54, 1.807) is 0 Å². The van der Waals surface area contributed by atoms with Crippen molar-refractivity contribution >= 4 is 0 Å². The molecule has 72 valence electrons. The van der Waals surface area contributed by atoms with Gasteiger partial charge in [-0.15, -0.1) is 0 Å². The molecular weight excluding hydrogens is 162 g/mol.